The molecule has 0 fully saturated rings. The number of aliphatic carboxylic acids is 1. The summed E-state index contributed by atoms with van der Waals surface area (Å²) in [5.41, 5.74) is 7.67. The summed E-state index contributed by atoms with van der Waals surface area (Å²) in [6, 6.07) is 5.05. The van der Waals surface area contributed by atoms with Gasteiger partial charge in [-0.05, 0) is 20.0 Å². The third-order valence-electron chi connectivity index (χ3n) is 2.70. The first-order valence-corrected chi connectivity index (χ1v) is 5.74. The SMILES string of the molecule is COc1ccc(C)cc1CN(C)CC(N)C(=O)O. The van der Waals surface area contributed by atoms with Crippen molar-refractivity contribution in [3.05, 3.63) is 29.3 Å². The van der Waals surface area contributed by atoms with Crippen LogP contribution in [0.25, 0.3) is 0 Å². The van der Waals surface area contributed by atoms with E-state index in [0.29, 0.717) is 13.1 Å². The van der Waals surface area contributed by atoms with Crippen molar-refractivity contribution < 1.29 is 14.6 Å². The minimum atomic E-state index is -0.988. The maximum absolute atomic E-state index is 10.7. The Morgan fingerprint density at radius 1 is 1.56 bits per heavy atom. The van der Waals surface area contributed by atoms with E-state index in [1.54, 1.807) is 7.11 Å². The third kappa shape index (κ3) is 4.01. The van der Waals surface area contributed by atoms with Crippen LogP contribution in [0.15, 0.2) is 18.2 Å². The predicted octanol–water partition coefficient (Wildman–Crippen LogP) is 0.847. The van der Waals surface area contributed by atoms with E-state index in [0.717, 1.165) is 16.9 Å². The summed E-state index contributed by atoms with van der Waals surface area (Å²) in [6.45, 7) is 2.91. The van der Waals surface area contributed by atoms with Gasteiger partial charge in [0, 0.05) is 18.7 Å². The van der Waals surface area contributed by atoms with Crippen LogP contribution in [-0.2, 0) is 11.3 Å². The van der Waals surface area contributed by atoms with E-state index in [1.807, 2.05) is 37.1 Å². The number of carboxylic acid groups (broad SMARTS) is 1. The lowest BCUT2D eigenvalue weighted by Crippen LogP contribution is -2.40. The highest BCUT2D eigenvalue weighted by Crippen LogP contribution is 2.20. The fourth-order valence-corrected chi connectivity index (χ4v) is 1.80. The van der Waals surface area contributed by atoms with E-state index in [1.165, 1.54) is 0 Å². The summed E-state index contributed by atoms with van der Waals surface area (Å²) < 4.78 is 5.28. The summed E-state index contributed by atoms with van der Waals surface area (Å²) in [5, 5.41) is 8.77. The second kappa shape index (κ2) is 6.37. The van der Waals surface area contributed by atoms with Crippen LogP contribution in [0.4, 0.5) is 0 Å². The van der Waals surface area contributed by atoms with E-state index in [-0.39, 0.29) is 0 Å². The van der Waals surface area contributed by atoms with Crippen LogP contribution in [0.2, 0.25) is 0 Å². The second-order valence-electron chi connectivity index (χ2n) is 4.46. The maximum Gasteiger partial charge on any atom is 0.321 e. The van der Waals surface area contributed by atoms with Gasteiger partial charge in [0.15, 0.2) is 0 Å². The zero-order valence-corrected chi connectivity index (χ0v) is 11.0. The van der Waals surface area contributed by atoms with Crippen molar-refractivity contribution in [2.24, 2.45) is 5.73 Å². The molecule has 0 heterocycles. The number of nitrogens with two attached hydrogens (primary N) is 1. The number of hydrogen-bond acceptors (Lipinski definition) is 4. The fourth-order valence-electron chi connectivity index (χ4n) is 1.80. The molecule has 0 amide bonds. The van der Waals surface area contributed by atoms with Crippen molar-refractivity contribution in [2.75, 3.05) is 20.7 Å². The first-order valence-electron chi connectivity index (χ1n) is 5.74. The normalized spacial score (nSPS) is 12.5. The first kappa shape index (κ1) is 14.5. The Kier molecular flexibility index (Phi) is 5.12. The molecule has 0 saturated carbocycles. The summed E-state index contributed by atoms with van der Waals surface area (Å²) in [4.78, 5) is 12.6. The highest BCUT2D eigenvalue weighted by atomic mass is 16.5. The number of likely N-dealkylation sites (N-methyl/N-ethyl adjacent to an activating group) is 1. The van der Waals surface area contributed by atoms with Gasteiger partial charge in [-0.25, -0.2) is 0 Å². The minimum absolute atomic E-state index is 0.298. The van der Waals surface area contributed by atoms with E-state index >= 15 is 0 Å². The number of ether oxygens (including phenoxy) is 1. The maximum atomic E-state index is 10.7. The topological polar surface area (TPSA) is 75.8 Å². The molecule has 3 N–H and O–H groups in total. The van der Waals surface area contributed by atoms with Crippen LogP contribution >= 0.6 is 0 Å². The lowest BCUT2D eigenvalue weighted by Gasteiger charge is -2.20. The Bertz CT molecular complexity index is 421. The molecule has 0 spiro atoms. The quantitative estimate of drug-likeness (QED) is 0.785. The second-order valence-corrected chi connectivity index (χ2v) is 4.46. The lowest BCUT2D eigenvalue weighted by molar-refractivity contribution is -0.138. The fraction of sp³-hybridized carbons (Fsp3) is 0.462. The van der Waals surface area contributed by atoms with Gasteiger partial charge in [-0.3, -0.25) is 9.69 Å². The number of aryl methyl sites for hydroxylation is 1. The van der Waals surface area contributed by atoms with Crippen molar-refractivity contribution >= 4 is 5.97 Å². The molecule has 0 aliphatic rings. The number of nitrogens with zero attached hydrogens (tertiary/aromatic N) is 1. The van der Waals surface area contributed by atoms with Crippen molar-refractivity contribution in [2.45, 2.75) is 19.5 Å². The molecule has 0 radical (unpaired) electrons. The number of hydrogen-bond donors (Lipinski definition) is 2. The highest BCUT2D eigenvalue weighted by molar-refractivity contribution is 5.73. The van der Waals surface area contributed by atoms with E-state index < -0.39 is 12.0 Å². The Labute approximate surface area is 107 Å². The molecule has 5 nitrogen and oxygen atoms in total. The number of carboxylic acids is 1. The average Bonchev–Trinajstić information content (AvgIpc) is 2.28. The first-order chi connectivity index (χ1) is 8.43. The predicted molar refractivity (Wildman–Crippen MR) is 69.7 cm³/mol. The molecule has 18 heavy (non-hydrogen) atoms. The van der Waals surface area contributed by atoms with Crippen molar-refractivity contribution in [1.82, 2.24) is 4.90 Å². The zero-order chi connectivity index (χ0) is 13.7. The van der Waals surface area contributed by atoms with Gasteiger partial charge in [0.05, 0.1) is 7.11 Å². The number of carbonyl (C=O) groups is 1. The summed E-state index contributed by atoms with van der Waals surface area (Å²) in [7, 11) is 3.46. The molecule has 1 aromatic rings. The van der Waals surface area contributed by atoms with Gasteiger partial charge in [0.25, 0.3) is 0 Å². The zero-order valence-electron chi connectivity index (χ0n) is 11.0. The van der Waals surface area contributed by atoms with Gasteiger partial charge in [-0.2, -0.15) is 0 Å². The van der Waals surface area contributed by atoms with Crippen LogP contribution in [0, 0.1) is 6.92 Å². The van der Waals surface area contributed by atoms with Crippen LogP contribution in [-0.4, -0.2) is 42.7 Å². The van der Waals surface area contributed by atoms with E-state index in [4.69, 9.17) is 15.6 Å². The van der Waals surface area contributed by atoms with Gasteiger partial charge in [0.1, 0.15) is 11.8 Å². The van der Waals surface area contributed by atoms with E-state index in [2.05, 4.69) is 0 Å². The Morgan fingerprint density at radius 3 is 2.78 bits per heavy atom. The largest absolute Gasteiger partial charge is 0.496 e. The van der Waals surface area contributed by atoms with Crippen LogP contribution < -0.4 is 10.5 Å². The van der Waals surface area contributed by atoms with Gasteiger partial charge in [-0.15, -0.1) is 0 Å². The summed E-state index contributed by atoms with van der Waals surface area (Å²) >= 11 is 0. The number of methoxy groups -OCH3 is 1. The summed E-state index contributed by atoms with van der Waals surface area (Å²) in [6.07, 6.45) is 0. The smallest absolute Gasteiger partial charge is 0.321 e. The molecule has 0 aliphatic heterocycles. The molecule has 0 aliphatic carbocycles. The molecule has 0 saturated heterocycles. The molecular weight excluding hydrogens is 232 g/mol. The molecule has 0 bridgehead atoms. The van der Waals surface area contributed by atoms with Gasteiger partial charge >= 0.3 is 5.97 Å². The number of rotatable bonds is 6. The molecule has 1 atom stereocenters. The van der Waals surface area contributed by atoms with Crippen molar-refractivity contribution in [3.8, 4) is 5.75 Å². The molecule has 1 unspecified atom stereocenters. The third-order valence-corrected chi connectivity index (χ3v) is 2.70. The Morgan fingerprint density at radius 2 is 2.22 bits per heavy atom. The molecule has 0 aromatic heterocycles. The van der Waals surface area contributed by atoms with Crippen LogP contribution in [0.1, 0.15) is 11.1 Å². The highest BCUT2D eigenvalue weighted by Gasteiger charge is 2.15. The van der Waals surface area contributed by atoms with Gasteiger partial charge in [0.2, 0.25) is 0 Å². The molecule has 5 heteroatoms. The summed E-state index contributed by atoms with van der Waals surface area (Å²) in [5.74, 6) is -0.186. The van der Waals surface area contributed by atoms with E-state index in [9.17, 15) is 4.79 Å². The minimum Gasteiger partial charge on any atom is -0.496 e. The van der Waals surface area contributed by atoms with Gasteiger partial charge < -0.3 is 15.6 Å². The van der Waals surface area contributed by atoms with Gasteiger partial charge in [-0.1, -0.05) is 17.7 Å². The molecule has 1 aromatic carbocycles. The van der Waals surface area contributed by atoms with Crippen LogP contribution in [0.5, 0.6) is 5.75 Å². The molecule has 100 valence electrons. The monoisotopic (exact) mass is 252 g/mol. The standard InChI is InChI=1S/C13H20N2O3/c1-9-4-5-12(18-3)10(6-9)7-15(2)8-11(14)13(16)17/h4-6,11H,7-8,14H2,1-3H3,(H,16,17). The van der Waals surface area contributed by atoms with Crippen molar-refractivity contribution in [1.29, 1.82) is 0 Å². The average molecular weight is 252 g/mol. The van der Waals surface area contributed by atoms with Crippen LogP contribution in [0.3, 0.4) is 0 Å². The van der Waals surface area contributed by atoms with Crippen molar-refractivity contribution in [3.63, 3.8) is 0 Å². The molecule has 1 rings (SSSR count). The lowest BCUT2D eigenvalue weighted by atomic mass is 10.1. The molecular formula is C13H20N2O3. The Hall–Kier alpha value is -1.59. The number of benzene rings is 1. The Balaban J connectivity index is 2.71.